The normalized spacial score (nSPS) is 10.4. The van der Waals surface area contributed by atoms with E-state index in [1.165, 1.54) is 24.7 Å². The molecule has 9 nitrogen and oxygen atoms in total. The van der Waals surface area contributed by atoms with Crippen LogP contribution >= 0.6 is 0 Å². The van der Waals surface area contributed by atoms with E-state index in [1.807, 2.05) is 7.05 Å². The van der Waals surface area contributed by atoms with Gasteiger partial charge in [0, 0.05) is 0 Å². The Hall–Kier alpha value is 0.570. The molecule has 0 aliphatic heterocycles. The third-order valence-corrected chi connectivity index (χ3v) is 0. The predicted molar refractivity (Wildman–Crippen MR) is 42.6 cm³/mol. The van der Waals surface area contributed by atoms with Crippen molar-refractivity contribution in [2.24, 2.45) is 10.3 Å². The summed E-state index contributed by atoms with van der Waals surface area (Å²) < 4.78 is 56.0. The van der Waals surface area contributed by atoms with Crippen LogP contribution in [0.5, 0.6) is 0 Å². The molecule has 0 rings (SSSR count). The summed E-state index contributed by atoms with van der Waals surface area (Å²) in [5, 5.41) is 7.54. The zero-order valence-corrected chi connectivity index (χ0v) is 11.4. The van der Waals surface area contributed by atoms with Gasteiger partial charge in [-0.05, 0) is 0 Å². The van der Waals surface area contributed by atoms with Crippen LogP contribution in [0.2, 0.25) is 0 Å². The van der Waals surface area contributed by atoms with E-state index < -0.39 is 20.6 Å². The molecular formula is CH8InN3O6S2. The van der Waals surface area contributed by atoms with Crippen molar-refractivity contribution in [2.75, 3.05) is 7.05 Å². The van der Waals surface area contributed by atoms with E-state index in [2.05, 4.69) is 13.6 Å². The first-order chi connectivity index (χ1) is 5.41. The summed E-state index contributed by atoms with van der Waals surface area (Å²) in [5.74, 6) is 0. The molecule has 0 amide bonds. The third kappa shape index (κ3) is 4320. The Kier molecular flexibility index (Phi) is 13.5. The van der Waals surface area contributed by atoms with Crippen LogP contribution in [0.1, 0.15) is 0 Å². The summed E-state index contributed by atoms with van der Waals surface area (Å²) in [6.45, 7) is 0. The third-order valence-electron chi connectivity index (χ3n) is 0. The average Bonchev–Trinajstić information content (AvgIpc) is 1.52. The Bertz CT molecular complexity index is 235. The predicted octanol–water partition coefficient (Wildman–Crippen LogP) is -3.90. The summed E-state index contributed by atoms with van der Waals surface area (Å²) in [6.07, 6.45) is 0. The van der Waals surface area contributed by atoms with Gasteiger partial charge in [0.05, 0.1) is 0 Å². The molecule has 0 heterocycles. The zero-order chi connectivity index (χ0) is 11.7. The van der Waals surface area contributed by atoms with Gasteiger partial charge in [0.1, 0.15) is 0 Å². The minimum absolute atomic E-state index is 1.17. The second-order valence-electron chi connectivity index (χ2n) is 1.27. The van der Waals surface area contributed by atoms with E-state index in [-0.39, 0.29) is 0 Å². The number of hydrogen-bond donors (Lipinski definition) is 3. The van der Waals surface area contributed by atoms with Gasteiger partial charge >= 0.3 is 35.0 Å². The fourth-order valence-corrected chi connectivity index (χ4v) is 0. The van der Waals surface area contributed by atoms with Crippen molar-refractivity contribution < 1.29 is 25.9 Å². The molecule has 0 aromatic carbocycles. The molecule has 78 valence electrons. The Balaban J connectivity index is -0.000000120. The molecular weight excluding hydrogens is 329 g/mol. The van der Waals surface area contributed by atoms with Crippen molar-refractivity contribution in [3.8, 4) is 0 Å². The molecule has 0 radical (unpaired) electrons. The molecule has 0 aliphatic carbocycles. The van der Waals surface area contributed by atoms with Crippen molar-refractivity contribution >= 4 is 45.3 Å². The molecule has 0 aromatic heterocycles. The summed E-state index contributed by atoms with van der Waals surface area (Å²) >= 11 is 1.17. The molecule has 13 heavy (non-hydrogen) atoms. The molecule has 12 heteroatoms. The van der Waals surface area contributed by atoms with Gasteiger partial charge in [-0.3, -0.25) is 0 Å². The Labute approximate surface area is 91.6 Å². The first-order valence-electron chi connectivity index (χ1n) is 2.26. The largest absolute Gasteiger partial charge is 0.736 e. The molecule has 0 unspecified atom stereocenters. The summed E-state index contributed by atoms with van der Waals surface area (Å²) in [7, 11) is -6.90. The smallest absolute Gasteiger partial charge is 0.156 e. The van der Waals surface area contributed by atoms with Gasteiger partial charge in [-0.2, -0.15) is 0 Å². The SMILES string of the molecule is C[NH][In+2].NS(=O)(=O)[O-].NS(=O)(=O)[O-]. The Morgan fingerprint density at radius 1 is 1.08 bits per heavy atom. The van der Waals surface area contributed by atoms with Gasteiger partial charge in [-0.25, -0.2) is 27.1 Å². The van der Waals surface area contributed by atoms with Crippen molar-refractivity contribution in [3.63, 3.8) is 0 Å². The molecule has 5 N–H and O–H groups in total. The minimum Gasteiger partial charge on any atom is -0.736 e. The quantitative estimate of drug-likeness (QED) is 0.378. The maximum absolute atomic E-state index is 8.85. The van der Waals surface area contributed by atoms with Crippen LogP contribution in [0.25, 0.3) is 0 Å². The van der Waals surface area contributed by atoms with Gasteiger partial charge < -0.3 is 9.11 Å². The summed E-state index contributed by atoms with van der Waals surface area (Å²) in [6, 6.07) is 0. The van der Waals surface area contributed by atoms with Crippen LogP contribution in [0, 0.1) is 0 Å². The van der Waals surface area contributed by atoms with Crippen LogP contribution in [0.4, 0.5) is 0 Å². The maximum atomic E-state index is 8.85. The molecule has 0 aliphatic rings. The van der Waals surface area contributed by atoms with E-state index in [0.717, 1.165) is 0 Å². The van der Waals surface area contributed by atoms with E-state index >= 15 is 0 Å². The number of nitrogens with two attached hydrogens (primary N) is 2. The standard InChI is InChI=1S/CH4N.In.2H3NO3S/c1-2;;2*1-5(2,3)4/h2H,1H3;;2*(H3,1,2,3,4)/q-1;+3;;/p-2. The molecule has 0 bridgehead atoms. The second-order valence-corrected chi connectivity index (χ2v) is 4.89. The maximum Gasteiger partial charge on any atom is 0.156 e. The van der Waals surface area contributed by atoms with Crippen LogP contribution in [-0.4, -0.2) is 57.7 Å². The molecule has 0 saturated heterocycles. The van der Waals surface area contributed by atoms with Crippen LogP contribution < -0.4 is 13.6 Å². The number of hydrogen-bond acceptors (Lipinski definition) is 7. The van der Waals surface area contributed by atoms with Gasteiger partial charge in [0.15, 0.2) is 20.6 Å². The fourth-order valence-electron chi connectivity index (χ4n) is 0. The topological polar surface area (TPSA) is 178 Å². The summed E-state index contributed by atoms with van der Waals surface area (Å²) in [5.41, 5.74) is 0. The average molecular weight is 337 g/mol. The zero-order valence-electron chi connectivity index (χ0n) is 6.50. The van der Waals surface area contributed by atoms with E-state index in [1.54, 1.807) is 0 Å². The van der Waals surface area contributed by atoms with Crippen molar-refractivity contribution in [1.82, 2.24) is 3.30 Å². The van der Waals surface area contributed by atoms with E-state index in [9.17, 15) is 0 Å². The van der Waals surface area contributed by atoms with Gasteiger partial charge in [0.25, 0.3) is 0 Å². The minimum atomic E-state index is -4.42. The van der Waals surface area contributed by atoms with Crippen LogP contribution in [0.3, 0.4) is 0 Å². The van der Waals surface area contributed by atoms with Crippen LogP contribution in [-0.2, 0) is 20.6 Å². The van der Waals surface area contributed by atoms with Crippen molar-refractivity contribution in [1.29, 1.82) is 0 Å². The van der Waals surface area contributed by atoms with Crippen LogP contribution in [0.15, 0.2) is 0 Å². The van der Waals surface area contributed by atoms with Crippen molar-refractivity contribution in [3.05, 3.63) is 0 Å². The molecule has 0 spiro atoms. The number of rotatable bonds is 0. The molecule has 0 atom stereocenters. The van der Waals surface area contributed by atoms with Gasteiger partial charge in [0.2, 0.25) is 0 Å². The molecule has 0 fully saturated rings. The summed E-state index contributed by atoms with van der Waals surface area (Å²) in [4.78, 5) is 0. The number of nitrogens with one attached hydrogen (secondary N) is 1. The Morgan fingerprint density at radius 2 is 1.08 bits per heavy atom. The van der Waals surface area contributed by atoms with Gasteiger partial charge in [-0.1, -0.05) is 0 Å². The first-order valence-corrected chi connectivity index (χ1v) is 6.85. The Morgan fingerprint density at radius 3 is 1.08 bits per heavy atom. The second kappa shape index (κ2) is 9.14. The first kappa shape index (κ1) is 19.2. The fraction of sp³-hybridized carbons (Fsp3) is 1.00. The van der Waals surface area contributed by atoms with Gasteiger partial charge in [-0.15, -0.1) is 0 Å². The molecule has 0 aromatic rings. The van der Waals surface area contributed by atoms with E-state index in [0.29, 0.717) is 0 Å². The van der Waals surface area contributed by atoms with Crippen molar-refractivity contribution in [2.45, 2.75) is 0 Å². The van der Waals surface area contributed by atoms with E-state index in [4.69, 9.17) is 25.9 Å². The monoisotopic (exact) mass is 337 g/mol. The molecule has 0 saturated carbocycles.